The van der Waals surface area contributed by atoms with Gasteiger partial charge in [-0.2, -0.15) is 0 Å². The summed E-state index contributed by atoms with van der Waals surface area (Å²) in [4.78, 5) is 0. The number of rotatable bonds is 4. The van der Waals surface area contributed by atoms with Gasteiger partial charge in [0.15, 0.2) is 0 Å². The number of hydrogen-bond donors (Lipinski definition) is 1. The summed E-state index contributed by atoms with van der Waals surface area (Å²) in [6, 6.07) is 10.6. The molecule has 4 heteroatoms. The first kappa shape index (κ1) is 14.7. The van der Waals surface area contributed by atoms with Crippen molar-refractivity contribution in [3.8, 4) is 5.75 Å². The molecule has 0 amide bonds. The van der Waals surface area contributed by atoms with Crippen LogP contribution in [-0.2, 0) is 0 Å². The van der Waals surface area contributed by atoms with Crippen molar-refractivity contribution < 1.29 is 9.13 Å². The van der Waals surface area contributed by atoms with Gasteiger partial charge in [-0.1, -0.05) is 23.7 Å². The van der Waals surface area contributed by atoms with Crippen LogP contribution in [0, 0.1) is 12.7 Å². The zero-order chi connectivity index (χ0) is 14.7. The molecule has 106 valence electrons. The monoisotopic (exact) mass is 293 g/mol. The Balaban J connectivity index is 2.24. The van der Waals surface area contributed by atoms with Gasteiger partial charge >= 0.3 is 0 Å². The second kappa shape index (κ2) is 6.14. The highest BCUT2D eigenvalue weighted by molar-refractivity contribution is 6.30. The van der Waals surface area contributed by atoms with Crippen molar-refractivity contribution in [3.05, 3.63) is 58.4 Å². The van der Waals surface area contributed by atoms with Gasteiger partial charge in [-0.15, -0.1) is 0 Å². The highest BCUT2D eigenvalue weighted by Crippen LogP contribution is 2.30. The van der Waals surface area contributed by atoms with E-state index in [1.165, 1.54) is 6.07 Å². The van der Waals surface area contributed by atoms with E-state index in [2.05, 4.69) is 5.32 Å². The van der Waals surface area contributed by atoms with E-state index in [0.717, 1.165) is 22.6 Å². The van der Waals surface area contributed by atoms with E-state index in [4.69, 9.17) is 16.3 Å². The van der Waals surface area contributed by atoms with Gasteiger partial charge in [0.1, 0.15) is 11.6 Å². The molecule has 0 fully saturated rings. The Morgan fingerprint density at radius 3 is 2.60 bits per heavy atom. The lowest BCUT2D eigenvalue weighted by atomic mass is 10.1. The number of nitrogens with one attached hydrogen (secondary N) is 1. The predicted molar refractivity (Wildman–Crippen MR) is 81.2 cm³/mol. The van der Waals surface area contributed by atoms with E-state index in [-0.39, 0.29) is 11.1 Å². The minimum absolute atomic E-state index is 0.0104. The maximum absolute atomic E-state index is 13.2. The van der Waals surface area contributed by atoms with Gasteiger partial charge in [-0.05, 0) is 49.2 Å². The maximum atomic E-state index is 13.2. The Labute approximate surface area is 123 Å². The van der Waals surface area contributed by atoms with Gasteiger partial charge in [0.25, 0.3) is 0 Å². The number of benzene rings is 2. The number of methoxy groups -OCH3 is 1. The van der Waals surface area contributed by atoms with Crippen LogP contribution in [0.4, 0.5) is 10.1 Å². The Morgan fingerprint density at radius 1 is 1.20 bits per heavy atom. The molecule has 0 saturated carbocycles. The van der Waals surface area contributed by atoms with E-state index >= 15 is 0 Å². The number of aryl methyl sites for hydroxylation is 1. The van der Waals surface area contributed by atoms with Gasteiger partial charge in [0, 0.05) is 6.04 Å². The van der Waals surface area contributed by atoms with Crippen LogP contribution in [0.2, 0.25) is 5.02 Å². The fraction of sp³-hybridized carbons (Fsp3) is 0.250. The molecule has 1 atom stereocenters. The van der Waals surface area contributed by atoms with Crippen molar-refractivity contribution >= 4 is 17.3 Å². The molecule has 0 saturated heterocycles. The van der Waals surface area contributed by atoms with Crippen LogP contribution >= 0.6 is 11.6 Å². The van der Waals surface area contributed by atoms with Crippen LogP contribution in [0.15, 0.2) is 36.4 Å². The number of anilines is 1. The molecule has 2 nitrogen and oxygen atoms in total. The maximum Gasteiger partial charge on any atom is 0.141 e. The minimum Gasteiger partial charge on any atom is -0.495 e. The number of ether oxygens (including phenoxy) is 1. The van der Waals surface area contributed by atoms with E-state index in [1.807, 2.05) is 32.0 Å². The molecule has 0 spiro atoms. The highest BCUT2D eigenvalue weighted by Gasteiger charge is 2.11. The summed E-state index contributed by atoms with van der Waals surface area (Å²) in [6.45, 7) is 4.01. The lowest BCUT2D eigenvalue weighted by molar-refractivity contribution is 0.416. The smallest absolute Gasteiger partial charge is 0.141 e. The van der Waals surface area contributed by atoms with Crippen molar-refractivity contribution in [1.29, 1.82) is 0 Å². The highest BCUT2D eigenvalue weighted by atomic mass is 35.5. The van der Waals surface area contributed by atoms with Crippen molar-refractivity contribution in [2.45, 2.75) is 19.9 Å². The SMILES string of the molecule is COc1ccc(C)cc1NC(C)c1ccc(F)c(Cl)c1. The third-order valence-corrected chi connectivity index (χ3v) is 3.46. The average Bonchev–Trinajstić information content (AvgIpc) is 2.42. The van der Waals surface area contributed by atoms with Gasteiger partial charge in [-0.25, -0.2) is 4.39 Å². The summed E-state index contributed by atoms with van der Waals surface area (Å²) >= 11 is 5.82. The summed E-state index contributed by atoms with van der Waals surface area (Å²) in [5, 5.41) is 3.49. The molecule has 0 aliphatic carbocycles. The molecule has 0 radical (unpaired) electrons. The molecular weight excluding hydrogens is 277 g/mol. The van der Waals surface area contributed by atoms with E-state index in [0.29, 0.717) is 0 Å². The van der Waals surface area contributed by atoms with Crippen LogP contribution < -0.4 is 10.1 Å². The summed E-state index contributed by atoms with van der Waals surface area (Å²) in [6.07, 6.45) is 0. The molecule has 20 heavy (non-hydrogen) atoms. The molecule has 1 unspecified atom stereocenters. The number of halogens is 2. The van der Waals surface area contributed by atoms with Crippen molar-refractivity contribution in [2.75, 3.05) is 12.4 Å². The number of hydrogen-bond acceptors (Lipinski definition) is 2. The Hall–Kier alpha value is -1.74. The quantitative estimate of drug-likeness (QED) is 0.859. The lowest BCUT2D eigenvalue weighted by Crippen LogP contribution is -2.08. The molecule has 2 rings (SSSR count). The zero-order valence-corrected chi connectivity index (χ0v) is 12.5. The first-order chi connectivity index (χ1) is 9.51. The topological polar surface area (TPSA) is 21.3 Å². The molecule has 2 aromatic rings. The van der Waals surface area contributed by atoms with Crippen LogP contribution in [-0.4, -0.2) is 7.11 Å². The van der Waals surface area contributed by atoms with Crippen LogP contribution in [0.25, 0.3) is 0 Å². The van der Waals surface area contributed by atoms with Crippen LogP contribution in [0.3, 0.4) is 0 Å². The van der Waals surface area contributed by atoms with E-state index in [1.54, 1.807) is 19.2 Å². The van der Waals surface area contributed by atoms with Gasteiger partial charge in [-0.3, -0.25) is 0 Å². The summed E-state index contributed by atoms with van der Waals surface area (Å²) < 4.78 is 18.5. The van der Waals surface area contributed by atoms with Gasteiger partial charge in [0.2, 0.25) is 0 Å². The molecular formula is C16H17ClFNO. The van der Waals surface area contributed by atoms with Crippen molar-refractivity contribution in [1.82, 2.24) is 0 Å². The molecule has 2 aromatic carbocycles. The summed E-state index contributed by atoms with van der Waals surface area (Å²) in [5.74, 6) is 0.367. The van der Waals surface area contributed by atoms with E-state index in [9.17, 15) is 4.39 Å². The second-order valence-electron chi connectivity index (χ2n) is 4.74. The first-order valence-corrected chi connectivity index (χ1v) is 6.75. The summed E-state index contributed by atoms with van der Waals surface area (Å²) in [7, 11) is 1.63. The fourth-order valence-electron chi connectivity index (χ4n) is 2.03. The third kappa shape index (κ3) is 3.23. The molecule has 0 bridgehead atoms. The van der Waals surface area contributed by atoms with Crippen molar-refractivity contribution in [3.63, 3.8) is 0 Å². The second-order valence-corrected chi connectivity index (χ2v) is 5.15. The van der Waals surface area contributed by atoms with Gasteiger partial charge < -0.3 is 10.1 Å². The Bertz CT molecular complexity index is 615. The molecule has 1 N–H and O–H groups in total. The largest absolute Gasteiger partial charge is 0.495 e. The van der Waals surface area contributed by atoms with Crippen LogP contribution in [0.1, 0.15) is 24.1 Å². The Morgan fingerprint density at radius 2 is 1.95 bits per heavy atom. The molecule has 0 aliphatic rings. The third-order valence-electron chi connectivity index (χ3n) is 3.17. The first-order valence-electron chi connectivity index (χ1n) is 6.37. The van der Waals surface area contributed by atoms with E-state index < -0.39 is 5.82 Å². The van der Waals surface area contributed by atoms with Crippen LogP contribution in [0.5, 0.6) is 5.75 Å². The van der Waals surface area contributed by atoms with Crippen molar-refractivity contribution in [2.24, 2.45) is 0 Å². The standard InChI is InChI=1S/C16H17ClFNO/c1-10-4-7-16(20-3)15(8-10)19-11(2)12-5-6-14(18)13(17)9-12/h4-9,11,19H,1-3H3. The zero-order valence-electron chi connectivity index (χ0n) is 11.7. The fourth-order valence-corrected chi connectivity index (χ4v) is 2.22. The van der Waals surface area contributed by atoms with Gasteiger partial charge in [0.05, 0.1) is 17.8 Å². The Kier molecular flexibility index (Phi) is 4.50. The normalized spacial score (nSPS) is 12.1. The molecule has 0 aliphatic heterocycles. The minimum atomic E-state index is -0.407. The summed E-state index contributed by atoms with van der Waals surface area (Å²) in [5.41, 5.74) is 2.96. The molecule has 0 aromatic heterocycles. The molecule has 0 heterocycles. The lowest BCUT2D eigenvalue weighted by Gasteiger charge is -2.18. The predicted octanol–water partition coefficient (Wildman–Crippen LogP) is 4.97. The average molecular weight is 294 g/mol.